The first-order chi connectivity index (χ1) is 13.1. The quantitative estimate of drug-likeness (QED) is 0.315. The minimum atomic E-state index is 0.495. The topological polar surface area (TPSA) is 23.6 Å². The smallest absolute Gasteiger partial charge is 0.214 e. The Hall–Kier alpha value is -2.11. The molecule has 140 valence electrons. The molecule has 0 aromatic heterocycles. The van der Waals surface area contributed by atoms with Crippen molar-refractivity contribution in [2.24, 2.45) is 0 Å². The van der Waals surface area contributed by atoms with Gasteiger partial charge in [0.15, 0.2) is 0 Å². The number of rotatable bonds is 9. The summed E-state index contributed by atoms with van der Waals surface area (Å²) in [5.74, 6) is 0. The molecule has 0 aliphatic rings. The van der Waals surface area contributed by atoms with Gasteiger partial charge in [0.05, 0.1) is 17.9 Å². The van der Waals surface area contributed by atoms with Gasteiger partial charge in [-0.2, -0.15) is 0 Å². The molecule has 5 heteroatoms. The summed E-state index contributed by atoms with van der Waals surface area (Å²) in [5, 5.41) is 0. The van der Waals surface area contributed by atoms with Crippen LogP contribution in [-0.2, 0) is 11.3 Å². The number of nitrogens with zero attached hydrogens (tertiary/aromatic N) is 2. The van der Waals surface area contributed by atoms with Gasteiger partial charge in [-0.15, -0.1) is 0 Å². The highest BCUT2D eigenvalue weighted by Gasteiger charge is 2.15. The number of hydrogen-bond donors (Lipinski definition) is 0. The van der Waals surface area contributed by atoms with Gasteiger partial charge in [0.25, 0.3) is 0 Å². The van der Waals surface area contributed by atoms with Gasteiger partial charge in [0.1, 0.15) is 0 Å². The lowest BCUT2D eigenvalue weighted by Crippen LogP contribution is -2.26. The summed E-state index contributed by atoms with van der Waals surface area (Å²) in [7, 11) is 2.01. The number of allylic oxidation sites excluding steroid dienone is 4. The molecule has 2 rings (SSSR count). The lowest BCUT2D eigenvalue weighted by Gasteiger charge is -2.27. The third-order valence-electron chi connectivity index (χ3n) is 3.94. The fourth-order valence-electron chi connectivity index (χ4n) is 2.62. The van der Waals surface area contributed by atoms with Crippen LogP contribution >= 0.6 is 31.9 Å². The van der Waals surface area contributed by atoms with Crippen LogP contribution < -0.4 is 9.80 Å². The average Bonchev–Trinajstić information content (AvgIpc) is 2.67. The van der Waals surface area contributed by atoms with E-state index in [1.165, 1.54) is 0 Å². The summed E-state index contributed by atoms with van der Waals surface area (Å²) in [6.45, 7) is 4.84. The molecule has 0 atom stereocenters. The van der Waals surface area contributed by atoms with Gasteiger partial charge in [-0.25, -0.2) is 0 Å². The molecule has 0 unspecified atom stereocenters. The lowest BCUT2D eigenvalue weighted by atomic mass is 10.2. The molecule has 0 fully saturated rings. The summed E-state index contributed by atoms with van der Waals surface area (Å²) in [6, 6.07) is 15.8. The van der Waals surface area contributed by atoms with E-state index in [2.05, 4.69) is 43.3 Å². The number of para-hydroxylation sites is 2. The van der Waals surface area contributed by atoms with Crippen LogP contribution in [0.2, 0.25) is 0 Å². The van der Waals surface area contributed by atoms with E-state index in [1.807, 2.05) is 73.8 Å². The Kier molecular flexibility index (Phi) is 8.55. The normalized spacial score (nSPS) is 11.4. The van der Waals surface area contributed by atoms with Gasteiger partial charge in [-0.05, 0) is 23.8 Å². The minimum absolute atomic E-state index is 0.495. The number of amides is 1. The van der Waals surface area contributed by atoms with Crippen molar-refractivity contribution in [3.63, 3.8) is 0 Å². The van der Waals surface area contributed by atoms with Gasteiger partial charge in [0.2, 0.25) is 6.41 Å². The van der Waals surface area contributed by atoms with Crippen molar-refractivity contribution in [3.05, 3.63) is 93.9 Å². The molecule has 2 aromatic rings. The number of likely N-dealkylation sites (N-methyl/N-ethyl adjacent to an activating group) is 1. The van der Waals surface area contributed by atoms with Crippen molar-refractivity contribution in [1.29, 1.82) is 0 Å². The van der Waals surface area contributed by atoms with Crippen molar-refractivity contribution >= 4 is 49.6 Å². The highest BCUT2D eigenvalue weighted by Crippen LogP contribution is 2.30. The second-order valence-electron chi connectivity index (χ2n) is 5.90. The third kappa shape index (κ3) is 6.22. The summed E-state index contributed by atoms with van der Waals surface area (Å²) < 4.78 is 2.02. The van der Waals surface area contributed by atoms with Crippen molar-refractivity contribution in [3.8, 4) is 0 Å². The van der Waals surface area contributed by atoms with Crippen LogP contribution in [0.1, 0.15) is 5.56 Å². The molecule has 0 radical (unpaired) electrons. The molecule has 27 heavy (non-hydrogen) atoms. The van der Waals surface area contributed by atoms with Gasteiger partial charge in [-0.3, -0.25) is 4.79 Å². The first kappa shape index (κ1) is 21.2. The van der Waals surface area contributed by atoms with Gasteiger partial charge >= 0.3 is 0 Å². The maximum Gasteiger partial charge on any atom is 0.214 e. The second kappa shape index (κ2) is 10.9. The second-order valence-corrected chi connectivity index (χ2v) is 7.78. The van der Waals surface area contributed by atoms with E-state index in [-0.39, 0.29) is 0 Å². The van der Waals surface area contributed by atoms with Crippen LogP contribution in [0.5, 0.6) is 0 Å². The SMILES string of the molecule is C=C/C=C\C=C(/Br)CN(C)c1ccccc1N(C=O)Cc1ccccc1Br. The molecule has 0 saturated heterocycles. The molecule has 3 nitrogen and oxygen atoms in total. The van der Waals surface area contributed by atoms with Crippen LogP contribution in [0, 0.1) is 0 Å². The zero-order valence-corrected chi connectivity index (χ0v) is 18.4. The Morgan fingerprint density at radius 3 is 2.41 bits per heavy atom. The fourth-order valence-corrected chi connectivity index (χ4v) is 3.56. The highest BCUT2D eigenvalue weighted by molar-refractivity contribution is 9.11. The maximum atomic E-state index is 11.8. The number of anilines is 2. The summed E-state index contributed by atoms with van der Waals surface area (Å²) in [4.78, 5) is 15.7. The first-order valence-electron chi connectivity index (χ1n) is 8.46. The fraction of sp³-hybridized carbons (Fsp3) is 0.136. The van der Waals surface area contributed by atoms with Crippen molar-refractivity contribution < 1.29 is 4.79 Å². The van der Waals surface area contributed by atoms with Crippen molar-refractivity contribution in [2.45, 2.75) is 6.54 Å². The van der Waals surface area contributed by atoms with Crippen LogP contribution in [0.3, 0.4) is 0 Å². The van der Waals surface area contributed by atoms with E-state index in [1.54, 1.807) is 11.0 Å². The molecule has 0 spiro atoms. The number of benzene rings is 2. The zero-order chi connectivity index (χ0) is 19.6. The molecule has 0 bridgehead atoms. The lowest BCUT2D eigenvalue weighted by molar-refractivity contribution is -0.107. The molecule has 0 heterocycles. The third-order valence-corrected chi connectivity index (χ3v) is 5.23. The summed E-state index contributed by atoms with van der Waals surface area (Å²) in [5.41, 5.74) is 2.90. The van der Waals surface area contributed by atoms with E-state index in [9.17, 15) is 4.79 Å². The van der Waals surface area contributed by atoms with Crippen LogP contribution in [0.4, 0.5) is 11.4 Å². The van der Waals surface area contributed by atoms with E-state index in [0.29, 0.717) is 13.1 Å². The van der Waals surface area contributed by atoms with Crippen LogP contribution in [0.25, 0.3) is 0 Å². The molecule has 0 saturated carbocycles. The standard InChI is InChI=1S/C22H22Br2N2O/c1-3-4-5-11-19(23)16-25(2)21-13-8-9-14-22(21)26(17-27)15-18-10-6-7-12-20(18)24/h3-14,17H,1,15-16H2,2H3/b5-4-,19-11-. The Balaban J connectivity index is 2.26. The molecular formula is C22H22Br2N2O. The predicted molar refractivity (Wildman–Crippen MR) is 122 cm³/mol. The van der Waals surface area contributed by atoms with Crippen molar-refractivity contribution in [1.82, 2.24) is 0 Å². The zero-order valence-electron chi connectivity index (χ0n) is 15.2. The Labute approximate surface area is 177 Å². The summed E-state index contributed by atoms with van der Waals surface area (Å²) >= 11 is 7.15. The maximum absolute atomic E-state index is 11.8. The number of hydrogen-bond acceptors (Lipinski definition) is 2. The van der Waals surface area contributed by atoms with Gasteiger partial charge in [-0.1, -0.05) is 93.1 Å². The van der Waals surface area contributed by atoms with E-state index < -0.39 is 0 Å². The van der Waals surface area contributed by atoms with E-state index >= 15 is 0 Å². The largest absolute Gasteiger partial charge is 0.368 e. The van der Waals surface area contributed by atoms with E-state index in [0.717, 1.165) is 32.3 Å². The summed E-state index contributed by atoms with van der Waals surface area (Å²) in [6.07, 6.45) is 8.41. The van der Waals surface area contributed by atoms with Crippen LogP contribution in [-0.4, -0.2) is 20.0 Å². The Bertz CT molecular complexity index is 846. The molecule has 2 aromatic carbocycles. The number of carbonyl (C=O) groups excluding carboxylic acids is 1. The number of carbonyl (C=O) groups is 1. The molecular weight excluding hydrogens is 468 g/mol. The molecule has 0 N–H and O–H groups in total. The Morgan fingerprint density at radius 2 is 1.74 bits per heavy atom. The van der Waals surface area contributed by atoms with Gasteiger partial charge in [0, 0.05) is 22.5 Å². The monoisotopic (exact) mass is 488 g/mol. The highest BCUT2D eigenvalue weighted by atomic mass is 79.9. The predicted octanol–water partition coefficient (Wildman–Crippen LogP) is 6.07. The Morgan fingerprint density at radius 1 is 1.07 bits per heavy atom. The van der Waals surface area contributed by atoms with E-state index in [4.69, 9.17) is 0 Å². The molecule has 0 aliphatic carbocycles. The minimum Gasteiger partial charge on any atom is -0.368 e. The number of halogens is 2. The van der Waals surface area contributed by atoms with Crippen LogP contribution in [0.15, 0.2) is 88.4 Å². The first-order valence-corrected chi connectivity index (χ1v) is 10.0. The molecule has 0 aliphatic heterocycles. The van der Waals surface area contributed by atoms with Crippen molar-refractivity contribution in [2.75, 3.05) is 23.4 Å². The average molecular weight is 490 g/mol. The molecule has 1 amide bonds. The van der Waals surface area contributed by atoms with Gasteiger partial charge < -0.3 is 9.80 Å².